The number of carboxylic acid groups (broad SMARTS) is 1. The lowest BCUT2D eigenvalue weighted by molar-refractivity contribution is -0.139. The second-order valence-corrected chi connectivity index (χ2v) is 19.8. The first-order chi connectivity index (χ1) is 29.6. The fourth-order valence-corrected chi connectivity index (χ4v) is 8.75. The summed E-state index contributed by atoms with van der Waals surface area (Å²) in [6, 6.07) is -0.716. The molecular formula is C31H54N9O20P3S. The van der Waals surface area contributed by atoms with Crippen LogP contribution in [0.4, 0.5) is 5.82 Å². The number of thioether (sulfide) groups is 1. The number of phosphoric ester groups is 3. The van der Waals surface area contributed by atoms with Gasteiger partial charge in [-0.3, -0.25) is 42.1 Å². The second kappa shape index (κ2) is 25.5. The molecule has 15 N–H and O–H groups in total. The maximum atomic E-state index is 12.6. The Labute approximate surface area is 369 Å². The highest BCUT2D eigenvalue weighted by molar-refractivity contribution is 8.13. The van der Waals surface area contributed by atoms with E-state index in [1.54, 1.807) is 0 Å². The zero-order chi connectivity index (χ0) is 48.6. The van der Waals surface area contributed by atoms with Crippen LogP contribution < -0.4 is 27.8 Å². The van der Waals surface area contributed by atoms with E-state index in [1.807, 2.05) is 0 Å². The van der Waals surface area contributed by atoms with Crippen LogP contribution in [0.25, 0.3) is 11.2 Å². The standard InChI is InChI=1S/C25H40N7O18P3S.C6H14N2O2/c1-13(33)8-16(35)54-7-6-27-15(34)4-5-28-23(38)20(37)25(2,3)10-47-53(44,45)50-52(42,43)46-9-14-19(49-51(39,40)41)18(36)24(48-14)32-12-31-17-21(26)29-11-30-22(17)32;7-4-2-1-3-5(8)6(9)10/h11-12,14,18-20,24,36-37H,4-10H2,1-3H3,(H,27,34)(H,28,38)(H,42,43)(H,44,45)(H2,26,29,30)(H2,39,40,41);5H,1-4,7-8H2,(H,9,10)/t14-,18-,19-,20+,24-;5-/m10/s1. The number of imidazole rings is 1. The van der Waals surface area contributed by atoms with Crippen molar-refractivity contribution in [3.63, 3.8) is 0 Å². The van der Waals surface area contributed by atoms with Crippen LogP contribution in [0.15, 0.2) is 12.7 Å². The number of rotatable bonds is 26. The third-order valence-electron chi connectivity index (χ3n) is 8.44. The summed E-state index contributed by atoms with van der Waals surface area (Å²) < 4.78 is 61.9. The number of hydrogen-bond acceptors (Lipinski definition) is 22. The molecule has 2 aromatic rings. The minimum atomic E-state index is -5.58. The van der Waals surface area contributed by atoms with Crippen molar-refractivity contribution in [1.29, 1.82) is 0 Å². The summed E-state index contributed by atoms with van der Waals surface area (Å²) in [7, 11) is -16.4. The van der Waals surface area contributed by atoms with Gasteiger partial charge in [0.2, 0.25) is 11.8 Å². The monoisotopic (exact) mass is 997 g/mol. The van der Waals surface area contributed by atoms with Crippen molar-refractivity contribution in [3.05, 3.63) is 12.7 Å². The molecule has 0 bridgehead atoms. The van der Waals surface area contributed by atoms with Crippen LogP contribution in [0.2, 0.25) is 0 Å². The Kier molecular flexibility index (Phi) is 22.6. The molecule has 0 aliphatic carbocycles. The normalized spacial score (nSPS) is 20.5. The number of nitrogens with one attached hydrogen (secondary N) is 2. The first kappa shape index (κ1) is 56.7. The molecule has 1 saturated heterocycles. The number of aliphatic hydroxyl groups is 2. The van der Waals surface area contributed by atoms with Gasteiger partial charge in [0.1, 0.15) is 48.1 Å². The van der Waals surface area contributed by atoms with Crippen molar-refractivity contribution in [2.24, 2.45) is 16.9 Å². The summed E-state index contributed by atoms with van der Waals surface area (Å²) >= 11 is 0.878. The fraction of sp³-hybridized carbons (Fsp3) is 0.677. The highest BCUT2D eigenvalue weighted by Crippen LogP contribution is 2.61. The summed E-state index contributed by atoms with van der Waals surface area (Å²) in [5.41, 5.74) is 14.6. The first-order valence-electron chi connectivity index (χ1n) is 18.8. The van der Waals surface area contributed by atoms with Crippen molar-refractivity contribution in [2.75, 3.05) is 44.3 Å². The topological polar surface area (TPSA) is 470 Å². The predicted octanol–water partition coefficient (Wildman–Crippen LogP) is -1.83. The second-order valence-electron chi connectivity index (χ2n) is 14.4. The van der Waals surface area contributed by atoms with Gasteiger partial charge in [-0.05, 0) is 26.3 Å². The van der Waals surface area contributed by atoms with Gasteiger partial charge in [-0.15, -0.1) is 0 Å². The number of nitrogens with two attached hydrogens (primary N) is 3. The van der Waals surface area contributed by atoms with E-state index in [0.29, 0.717) is 13.0 Å². The molecule has 2 aromatic heterocycles. The van der Waals surface area contributed by atoms with Gasteiger partial charge >= 0.3 is 29.4 Å². The number of carboxylic acids is 1. The van der Waals surface area contributed by atoms with Crippen molar-refractivity contribution in [3.8, 4) is 0 Å². The Balaban J connectivity index is 0.00000125. The van der Waals surface area contributed by atoms with E-state index in [1.165, 1.54) is 20.8 Å². The number of nitrogens with zero attached hydrogens (tertiary/aromatic N) is 4. The van der Waals surface area contributed by atoms with E-state index in [-0.39, 0.29) is 59.6 Å². The number of amides is 2. The Morgan fingerprint density at radius 1 is 1.02 bits per heavy atom. The van der Waals surface area contributed by atoms with Crippen LogP contribution in [0.1, 0.15) is 59.1 Å². The highest BCUT2D eigenvalue weighted by Gasteiger charge is 2.50. The van der Waals surface area contributed by atoms with E-state index in [4.69, 9.17) is 36.1 Å². The molecule has 0 saturated carbocycles. The molecule has 364 valence electrons. The average molecular weight is 998 g/mol. The number of nitrogen functional groups attached to an aromatic ring is 1. The lowest BCUT2D eigenvalue weighted by Crippen LogP contribution is -2.46. The number of aliphatic hydroxyl groups excluding tert-OH is 2. The van der Waals surface area contributed by atoms with Crippen LogP contribution in [0.5, 0.6) is 0 Å². The number of anilines is 1. The summed E-state index contributed by atoms with van der Waals surface area (Å²) in [4.78, 5) is 108. The molecule has 0 spiro atoms. The predicted molar refractivity (Wildman–Crippen MR) is 221 cm³/mol. The minimum absolute atomic E-state index is 0.0240. The number of hydrogen-bond donors (Lipinski definition) is 12. The van der Waals surface area contributed by atoms with Crippen molar-refractivity contribution in [2.45, 2.75) is 89.6 Å². The third-order valence-corrected chi connectivity index (χ3v) is 12.4. The van der Waals surface area contributed by atoms with Gasteiger partial charge in [0.25, 0.3) is 0 Å². The number of ketones is 1. The zero-order valence-corrected chi connectivity index (χ0v) is 38.1. The molecule has 29 nitrogen and oxygen atoms in total. The average Bonchev–Trinajstić information content (AvgIpc) is 3.74. The van der Waals surface area contributed by atoms with Gasteiger partial charge in [-0.1, -0.05) is 32.0 Å². The van der Waals surface area contributed by atoms with Crippen LogP contribution >= 0.6 is 35.2 Å². The molecule has 1 aliphatic rings. The van der Waals surface area contributed by atoms with Gasteiger partial charge in [0, 0.05) is 30.7 Å². The largest absolute Gasteiger partial charge is 0.481 e. The van der Waals surface area contributed by atoms with Crippen LogP contribution in [0.3, 0.4) is 0 Å². The molecule has 33 heteroatoms. The smallest absolute Gasteiger partial charge is 0.480 e. The molecule has 2 amide bonds. The Bertz CT molecular complexity index is 2060. The number of Topliss-reactive ketones (excluding diaryl/α,β-unsaturated/α-hetero) is 1. The molecule has 64 heavy (non-hydrogen) atoms. The van der Waals surface area contributed by atoms with E-state index < -0.39 is 96.6 Å². The van der Waals surface area contributed by atoms with E-state index in [2.05, 4.69) is 34.4 Å². The molecule has 1 fully saturated rings. The first-order valence-corrected chi connectivity index (χ1v) is 24.3. The molecule has 3 heterocycles. The van der Waals surface area contributed by atoms with Crippen LogP contribution in [-0.4, -0.2) is 152 Å². The quantitative estimate of drug-likeness (QED) is 0.0280. The molecular weight excluding hydrogens is 943 g/mol. The fourth-order valence-electron chi connectivity index (χ4n) is 5.18. The van der Waals surface area contributed by atoms with Gasteiger partial charge < -0.3 is 67.5 Å². The Morgan fingerprint density at radius 2 is 1.67 bits per heavy atom. The summed E-state index contributed by atoms with van der Waals surface area (Å²) in [6.07, 6.45) is -5.08. The molecule has 0 radical (unpaired) electrons. The number of carbonyl (C=O) groups excluding carboxylic acids is 4. The zero-order valence-electron chi connectivity index (χ0n) is 34.6. The van der Waals surface area contributed by atoms with Gasteiger partial charge in [0.15, 0.2) is 22.8 Å². The summed E-state index contributed by atoms with van der Waals surface area (Å²) in [5.74, 6) is -2.54. The Hall–Kier alpha value is -3.38. The number of phosphoric acid groups is 3. The lowest BCUT2D eigenvalue weighted by Gasteiger charge is -2.30. The van der Waals surface area contributed by atoms with E-state index in [0.717, 1.165) is 41.8 Å². The maximum absolute atomic E-state index is 12.6. The third kappa shape index (κ3) is 19.6. The molecule has 0 aromatic carbocycles. The van der Waals surface area contributed by atoms with Crippen molar-refractivity contribution >= 4 is 80.9 Å². The van der Waals surface area contributed by atoms with Crippen molar-refractivity contribution in [1.82, 2.24) is 30.2 Å². The number of fused-ring (bicyclic) bond motifs is 1. The molecule has 8 atom stereocenters. The molecule has 3 rings (SSSR count). The van der Waals surface area contributed by atoms with E-state index in [9.17, 15) is 67.5 Å². The summed E-state index contributed by atoms with van der Waals surface area (Å²) in [6.45, 7) is 2.18. The van der Waals surface area contributed by atoms with Gasteiger partial charge in [-0.25, -0.2) is 28.6 Å². The minimum Gasteiger partial charge on any atom is -0.480 e. The van der Waals surface area contributed by atoms with Crippen LogP contribution in [-0.2, 0) is 60.3 Å². The van der Waals surface area contributed by atoms with Gasteiger partial charge in [0.05, 0.1) is 26.0 Å². The van der Waals surface area contributed by atoms with Crippen molar-refractivity contribution < 1.29 is 95.2 Å². The Morgan fingerprint density at radius 3 is 2.28 bits per heavy atom. The number of aromatic nitrogens is 4. The highest BCUT2D eigenvalue weighted by atomic mass is 32.2. The maximum Gasteiger partial charge on any atom is 0.481 e. The summed E-state index contributed by atoms with van der Waals surface area (Å²) in [5, 5.41) is 34.2. The van der Waals surface area contributed by atoms with E-state index >= 15 is 0 Å². The molecule has 2 unspecified atom stereocenters. The number of aliphatic carboxylic acids is 1. The SMILES string of the molecule is CC(=O)CC(=O)SCCNC(=O)CCNC(=O)[C@H](O)C(C)(C)COP(=O)(O)OP(=O)(O)OC[C@H]1O[C@@H](n2cnc3c(N)ncnc32)[C@H](O)[C@@H]1OP(=O)(O)O.NCCCC[C@H](N)C(=O)O. The van der Waals surface area contributed by atoms with Gasteiger partial charge in [-0.2, -0.15) is 4.31 Å². The lowest BCUT2D eigenvalue weighted by atomic mass is 9.87. The number of ether oxygens (including phenoxy) is 1. The number of carbonyl (C=O) groups is 5. The molecule has 1 aliphatic heterocycles. The van der Waals surface area contributed by atoms with Crippen LogP contribution in [0, 0.1) is 5.41 Å². The number of unbranched alkanes of at least 4 members (excludes halogenated alkanes) is 1.